The van der Waals surface area contributed by atoms with Crippen molar-refractivity contribution < 1.29 is 19.1 Å². The molecule has 1 aromatic heterocycles. The van der Waals surface area contributed by atoms with Gasteiger partial charge in [-0.15, -0.1) is 0 Å². The van der Waals surface area contributed by atoms with E-state index in [0.717, 1.165) is 28.1 Å². The molecule has 0 unspecified atom stereocenters. The van der Waals surface area contributed by atoms with Gasteiger partial charge in [-0.3, -0.25) is 9.69 Å². The van der Waals surface area contributed by atoms with Crippen LogP contribution in [0.15, 0.2) is 60.3 Å². The lowest BCUT2D eigenvalue weighted by Crippen LogP contribution is -2.30. The Morgan fingerprint density at radius 3 is 2.42 bits per heavy atom. The van der Waals surface area contributed by atoms with Crippen LogP contribution in [-0.2, 0) is 16.1 Å². The Morgan fingerprint density at radius 1 is 1.03 bits per heavy atom. The Bertz CT molecular complexity index is 1290. The third kappa shape index (κ3) is 4.17. The predicted molar refractivity (Wildman–Crippen MR) is 125 cm³/mol. The molecule has 33 heavy (non-hydrogen) atoms. The van der Waals surface area contributed by atoms with E-state index in [9.17, 15) is 14.4 Å². The Labute approximate surface area is 192 Å². The summed E-state index contributed by atoms with van der Waals surface area (Å²) in [6.45, 7) is 6.01. The number of para-hydroxylation sites is 1. The maximum Gasteiger partial charge on any atom is 0.339 e. The van der Waals surface area contributed by atoms with Gasteiger partial charge < -0.3 is 14.6 Å². The molecule has 1 aliphatic rings. The maximum absolute atomic E-state index is 13.0. The van der Waals surface area contributed by atoms with Crippen molar-refractivity contribution in [2.45, 2.75) is 27.3 Å². The quantitative estimate of drug-likeness (QED) is 0.363. The van der Waals surface area contributed by atoms with Crippen LogP contribution in [0.5, 0.6) is 0 Å². The van der Waals surface area contributed by atoms with Crippen LogP contribution < -0.4 is 5.32 Å². The molecule has 0 bridgehead atoms. The second-order valence-corrected chi connectivity index (χ2v) is 8.04. The summed E-state index contributed by atoms with van der Waals surface area (Å²) in [4.78, 5) is 38.9. The zero-order valence-electron chi connectivity index (χ0n) is 19.0. The van der Waals surface area contributed by atoms with Gasteiger partial charge in [0.2, 0.25) is 0 Å². The van der Waals surface area contributed by atoms with E-state index in [-0.39, 0.29) is 18.1 Å². The molecular formula is C26H25N3O4. The number of ether oxygens (including phenoxy) is 1. The first-order valence-corrected chi connectivity index (χ1v) is 10.6. The van der Waals surface area contributed by atoms with Crippen LogP contribution in [0.3, 0.4) is 0 Å². The van der Waals surface area contributed by atoms with Crippen molar-refractivity contribution >= 4 is 24.0 Å². The number of hydrogen-bond acceptors (Lipinski definition) is 4. The van der Waals surface area contributed by atoms with E-state index < -0.39 is 12.0 Å². The zero-order chi connectivity index (χ0) is 23.7. The molecule has 7 heteroatoms. The van der Waals surface area contributed by atoms with E-state index in [1.165, 1.54) is 12.0 Å². The molecule has 7 nitrogen and oxygen atoms in total. The molecule has 1 saturated heterocycles. The van der Waals surface area contributed by atoms with E-state index in [2.05, 4.69) is 5.32 Å². The van der Waals surface area contributed by atoms with Crippen molar-refractivity contribution in [2.75, 3.05) is 7.11 Å². The molecule has 4 rings (SSSR count). The number of nitrogens with zero attached hydrogens (tertiary/aromatic N) is 2. The number of methoxy groups -OCH3 is 1. The predicted octanol–water partition coefficient (Wildman–Crippen LogP) is 4.28. The van der Waals surface area contributed by atoms with Crippen molar-refractivity contribution in [2.24, 2.45) is 0 Å². The Kier molecular flexibility index (Phi) is 5.87. The average molecular weight is 444 g/mol. The summed E-state index contributed by atoms with van der Waals surface area (Å²) in [5.74, 6) is -0.802. The molecule has 1 aliphatic heterocycles. The van der Waals surface area contributed by atoms with Crippen LogP contribution in [0.4, 0.5) is 4.79 Å². The number of esters is 1. The fraction of sp³-hybridized carbons (Fsp3) is 0.192. The van der Waals surface area contributed by atoms with Gasteiger partial charge in [0.15, 0.2) is 0 Å². The number of hydrogen-bond donors (Lipinski definition) is 1. The van der Waals surface area contributed by atoms with Gasteiger partial charge in [-0.1, -0.05) is 42.0 Å². The summed E-state index contributed by atoms with van der Waals surface area (Å²) < 4.78 is 6.86. The summed E-state index contributed by atoms with van der Waals surface area (Å²) in [5.41, 5.74) is 5.81. The van der Waals surface area contributed by atoms with Crippen LogP contribution in [0, 0.1) is 20.8 Å². The van der Waals surface area contributed by atoms with Crippen molar-refractivity contribution in [1.82, 2.24) is 14.8 Å². The molecule has 168 valence electrons. The van der Waals surface area contributed by atoms with Gasteiger partial charge in [0.25, 0.3) is 5.91 Å². The third-order valence-corrected chi connectivity index (χ3v) is 5.74. The molecular weight excluding hydrogens is 418 g/mol. The molecule has 1 fully saturated rings. The van der Waals surface area contributed by atoms with E-state index >= 15 is 0 Å². The highest BCUT2D eigenvalue weighted by Crippen LogP contribution is 2.26. The second kappa shape index (κ2) is 8.78. The van der Waals surface area contributed by atoms with E-state index in [4.69, 9.17) is 4.74 Å². The molecule has 0 aliphatic carbocycles. The highest BCUT2D eigenvalue weighted by molar-refractivity contribution is 6.14. The summed E-state index contributed by atoms with van der Waals surface area (Å²) in [7, 11) is 1.35. The largest absolute Gasteiger partial charge is 0.465 e. The second-order valence-electron chi connectivity index (χ2n) is 8.04. The van der Waals surface area contributed by atoms with Crippen molar-refractivity contribution in [1.29, 1.82) is 0 Å². The number of imide groups is 1. The Morgan fingerprint density at radius 2 is 1.73 bits per heavy atom. The van der Waals surface area contributed by atoms with Gasteiger partial charge in [0.1, 0.15) is 5.70 Å². The molecule has 0 radical (unpaired) electrons. The monoisotopic (exact) mass is 443 g/mol. The SMILES string of the molecule is COC(=O)c1ccccc1-n1c(C)cc(/C=C2/NC(=O)N(Cc3ccc(C)cc3)C2=O)c1C. The normalized spacial score (nSPS) is 14.7. The maximum atomic E-state index is 13.0. The third-order valence-electron chi connectivity index (χ3n) is 5.74. The molecule has 3 amide bonds. The number of rotatable bonds is 5. The van der Waals surface area contributed by atoms with E-state index in [0.29, 0.717) is 11.3 Å². The minimum atomic E-state index is -0.448. The molecule has 2 aromatic carbocycles. The average Bonchev–Trinajstić information content (AvgIpc) is 3.23. The van der Waals surface area contributed by atoms with Gasteiger partial charge in [-0.2, -0.15) is 0 Å². The molecule has 0 spiro atoms. The fourth-order valence-corrected chi connectivity index (χ4v) is 4.00. The lowest BCUT2D eigenvalue weighted by Gasteiger charge is -2.13. The number of amides is 3. The van der Waals surface area contributed by atoms with Gasteiger partial charge in [0.05, 0.1) is 24.9 Å². The lowest BCUT2D eigenvalue weighted by molar-refractivity contribution is -0.123. The molecule has 0 atom stereocenters. The van der Waals surface area contributed by atoms with Gasteiger partial charge in [0, 0.05) is 11.4 Å². The molecule has 2 heterocycles. The number of aryl methyl sites for hydroxylation is 2. The van der Waals surface area contributed by atoms with Crippen molar-refractivity contribution in [3.63, 3.8) is 0 Å². The number of urea groups is 1. The lowest BCUT2D eigenvalue weighted by atomic mass is 10.1. The van der Waals surface area contributed by atoms with E-state index in [1.54, 1.807) is 18.2 Å². The minimum Gasteiger partial charge on any atom is -0.465 e. The standard InChI is InChI=1S/C26H25N3O4/c1-16-9-11-19(12-10-16)15-28-24(30)22(27-26(28)32)14-20-13-17(2)29(18(20)3)23-8-6-5-7-21(23)25(31)33-4/h5-14H,15H2,1-4H3,(H,27,32)/b22-14+. The zero-order valence-corrected chi connectivity index (χ0v) is 19.0. The summed E-state index contributed by atoms with van der Waals surface area (Å²) in [6, 6.07) is 16.4. The van der Waals surface area contributed by atoms with Crippen LogP contribution in [0.2, 0.25) is 0 Å². The summed E-state index contributed by atoms with van der Waals surface area (Å²) in [5, 5.41) is 2.68. The fourth-order valence-electron chi connectivity index (χ4n) is 4.00. The number of aromatic nitrogens is 1. The smallest absolute Gasteiger partial charge is 0.339 e. The Hall–Kier alpha value is -4.13. The van der Waals surface area contributed by atoms with Crippen molar-refractivity contribution in [3.8, 4) is 5.69 Å². The van der Waals surface area contributed by atoms with Gasteiger partial charge >= 0.3 is 12.0 Å². The Balaban J connectivity index is 1.66. The highest BCUT2D eigenvalue weighted by atomic mass is 16.5. The summed E-state index contributed by atoms with van der Waals surface area (Å²) >= 11 is 0. The first-order chi connectivity index (χ1) is 15.8. The number of nitrogens with one attached hydrogen (secondary N) is 1. The van der Waals surface area contributed by atoms with Gasteiger partial charge in [-0.25, -0.2) is 9.59 Å². The van der Waals surface area contributed by atoms with Crippen molar-refractivity contribution in [3.05, 3.63) is 93.9 Å². The van der Waals surface area contributed by atoms with Crippen LogP contribution in [-0.4, -0.2) is 34.5 Å². The van der Waals surface area contributed by atoms with Crippen LogP contribution >= 0.6 is 0 Å². The number of carbonyl (C=O) groups is 3. The molecule has 3 aromatic rings. The first kappa shape index (κ1) is 22.1. The topological polar surface area (TPSA) is 80.6 Å². The molecule has 1 N–H and O–H groups in total. The minimum absolute atomic E-state index is 0.202. The van der Waals surface area contributed by atoms with Crippen LogP contribution in [0.25, 0.3) is 11.8 Å². The number of carbonyl (C=O) groups excluding carboxylic acids is 3. The summed E-state index contributed by atoms with van der Waals surface area (Å²) in [6.07, 6.45) is 1.68. The van der Waals surface area contributed by atoms with E-state index in [1.807, 2.05) is 67.8 Å². The highest BCUT2D eigenvalue weighted by Gasteiger charge is 2.33. The first-order valence-electron chi connectivity index (χ1n) is 10.6. The number of benzene rings is 2. The van der Waals surface area contributed by atoms with Gasteiger partial charge in [-0.05, 0) is 56.2 Å². The van der Waals surface area contributed by atoms with Crippen LogP contribution in [0.1, 0.15) is 38.4 Å². The molecule has 0 saturated carbocycles.